The average Bonchev–Trinajstić information content (AvgIpc) is 3.17. The van der Waals surface area contributed by atoms with Gasteiger partial charge in [-0.2, -0.15) is 5.26 Å². The average molecular weight is 403 g/mol. The van der Waals surface area contributed by atoms with Gasteiger partial charge in [0.05, 0.1) is 23.2 Å². The number of rotatable bonds is 9. The summed E-state index contributed by atoms with van der Waals surface area (Å²) in [6.07, 6.45) is 3.92. The van der Waals surface area contributed by atoms with Crippen molar-refractivity contribution in [3.05, 3.63) is 53.3 Å². The van der Waals surface area contributed by atoms with E-state index in [0.29, 0.717) is 18.0 Å². The van der Waals surface area contributed by atoms with Crippen LogP contribution in [0.5, 0.6) is 5.75 Å². The number of nitriles is 1. The third kappa shape index (κ3) is 4.83. The summed E-state index contributed by atoms with van der Waals surface area (Å²) in [5.74, 6) is 1.37. The first-order valence-electron chi connectivity index (χ1n) is 10.7. The van der Waals surface area contributed by atoms with E-state index in [1.54, 1.807) is 0 Å². The van der Waals surface area contributed by atoms with Crippen molar-refractivity contribution in [2.75, 3.05) is 24.6 Å². The van der Waals surface area contributed by atoms with E-state index in [9.17, 15) is 5.26 Å². The molecule has 0 aliphatic rings. The fourth-order valence-electron chi connectivity index (χ4n) is 3.44. The molecule has 3 aromatic rings. The molecule has 0 bridgehead atoms. The minimum atomic E-state index is 0.486. The molecule has 0 radical (unpaired) electrons. The fourth-order valence-corrected chi connectivity index (χ4v) is 3.44. The Hall–Kier alpha value is -3.26. The van der Waals surface area contributed by atoms with Gasteiger partial charge in [-0.05, 0) is 63.1 Å². The van der Waals surface area contributed by atoms with Gasteiger partial charge in [-0.1, -0.05) is 19.4 Å². The smallest absolute Gasteiger partial charge is 0.149 e. The van der Waals surface area contributed by atoms with Gasteiger partial charge in [0.25, 0.3) is 0 Å². The Morgan fingerprint density at radius 2 is 1.97 bits per heavy atom. The predicted octanol–water partition coefficient (Wildman–Crippen LogP) is 5.96. The van der Waals surface area contributed by atoms with E-state index in [4.69, 9.17) is 4.74 Å². The summed E-state index contributed by atoms with van der Waals surface area (Å²) in [7, 11) is 0. The van der Waals surface area contributed by atoms with Gasteiger partial charge in [-0.25, -0.2) is 4.98 Å². The van der Waals surface area contributed by atoms with Crippen LogP contribution in [0.25, 0.3) is 22.7 Å². The number of hydrogen-bond acceptors (Lipinski definition) is 4. The van der Waals surface area contributed by atoms with Crippen molar-refractivity contribution in [2.45, 2.75) is 40.5 Å². The van der Waals surface area contributed by atoms with Gasteiger partial charge in [0.15, 0.2) is 0 Å². The maximum absolute atomic E-state index is 9.82. The van der Waals surface area contributed by atoms with E-state index in [1.165, 1.54) is 0 Å². The summed E-state index contributed by atoms with van der Waals surface area (Å²) in [4.78, 5) is 10.2. The first kappa shape index (κ1) is 21.4. The number of aromatic nitrogens is 2. The molecule has 1 N–H and O–H groups in total. The molecule has 0 saturated carbocycles. The number of fused-ring (bicyclic) bond motifs is 1. The third-order valence-electron chi connectivity index (χ3n) is 5.19. The van der Waals surface area contributed by atoms with E-state index >= 15 is 0 Å². The van der Waals surface area contributed by atoms with Crippen LogP contribution in [0.4, 0.5) is 5.69 Å². The van der Waals surface area contributed by atoms with Crippen molar-refractivity contribution in [3.8, 4) is 11.8 Å². The van der Waals surface area contributed by atoms with Gasteiger partial charge >= 0.3 is 0 Å². The number of anilines is 1. The van der Waals surface area contributed by atoms with Crippen LogP contribution in [0, 0.1) is 18.3 Å². The Kier molecular flexibility index (Phi) is 7.13. The number of H-pyrrole nitrogens is 1. The first-order chi connectivity index (χ1) is 14.6. The molecule has 156 valence electrons. The molecule has 0 spiro atoms. The number of unbranched alkanes of at least 4 members (excludes halogenated alkanes) is 1. The van der Waals surface area contributed by atoms with Crippen molar-refractivity contribution < 1.29 is 4.74 Å². The largest absolute Gasteiger partial charge is 0.493 e. The number of aromatic amines is 1. The summed E-state index contributed by atoms with van der Waals surface area (Å²) in [6.45, 7) is 11.0. The monoisotopic (exact) mass is 402 g/mol. The van der Waals surface area contributed by atoms with Crippen LogP contribution in [0.2, 0.25) is 0 Å². The van der Waals surface area contributed by atoms with E-state index in [-0.39, 0.29) is 0 Å². The lowest BCUT2D eigenvalue weighted by molar-refractivity contribution is 0.309. The Labute approximate surface area is 179 Å². The highest BCUT2D eigenvalue weighted by Gasteiger charge is 2.12. The summed E-state index contributed by atoms with van der Waals surface area (Å²) >= 11 is 0. The molecule has 1 heterocycles. The molecule has 0 fully saturated rings. The van der Waals surface area contributed by atoms with Gasteiger partial charge in [0.1, 0.15) is 17.6 Å². The Morgan fingerprint density at radius 1 is 1.17 bits per heavy atom. The summed E-state index contributed by atoms with van der Waals surface area (Å²) in [5, 5.41) is 9.82. The van der Waals surface area contributed by atoms with Crippen LogP contribution in [-0.4, -0.2) is 29.7 Å². The van der Waals surface area contributed by atoms with E-state index in [0.717, 1.165) is 59.5 Å². The molecular weight excluding hydrogens is 372 g/mol. The highest BCUT2D eigenvalue weighted by molar-refractivity contribution is 5.91. The van der Waals surface area contributed by atoms with Gasteiger partial charge in [0.2, 0.25) is 0 Å². The predicted molar refractivity (Wildman–Crippen MR) is 125 cm³/mol. The van der Waals surface area contributed by atoms with E-state index in [1.807, 2.05) is 37.3 Å². The molecule has 0 aliphatic carbocycles. The number of aryl methyl sites for hydroxylation is 1. The van der Waals surface area contributed by atoms with Crippen LogP contribution in [0.3, 0.4) is 0 Å². The highest BCUT2D eigenvalue weighted by atomic mass is 16.5. The molecule has 5 heteroatoms. The molecule has 1 aromatic heterocycles. The van der Waals surface area contributed by atoms with Crippen LogP contribution < -0.4 is 9.64 Å². The van der Waals surface area contributed by atoms with Crippen LogP contribution in [0.1, 0.15) is 50.6 Å². The fraction of sp³-hybridized carbons (Fsp3) is 0.360. The summed E-state index contributed by atoms with van der Waals surface area (Å²) < 4.78 is 6.10. The second-order valence-electron chi connectivity index (χ2n) is 7.37. The number of ether oxygens (including phenoxy) is 1. The molecule has 2 aromatic carbocycles. The Bertz CT molecular complexity index is 1070. The first-order valence-corrected chi connectivity index (χ1v) is 10.7. The number of nitrogens with zero attached hydrogens (tertiary/aromatic N) is 3. The molecule has 30 heavy (non-hydrogen) atoms. The number of allylic oxidation sites excluding steroid dienone is 1. The Balaban J connectivity index is 2.01. The van der Waals surface area contributed by atoms with Crippen LogP contribution in [0.15, 0.2) is 36.4 Å². The molecule has 0 aliphatic heterocycles. The van der Waals surface area contributed by atoms with Crippen molar-refractivity contribution in [3.63, 3.8) is 0 Å². The van der Waals surface area contributed by atoms with Crippen molar-refractivity contribution >= 4 is 28.4 Å². The zero-order chi connectivity index (χ0) is 21.5. The topological polar surface area (TPSA) is 64.9 Å². The van der Waals surface area contributed by atoms with Crippen molar-refractivity contribution in [1.82, 2.24) is 9.97 Å². The van der Waals surface area contributed by atoms with Gasteiger partial charge in [0, 0.05) is 30.4 Å². The number of imidazole rings is 1. The lowest BCUT2D eigenvalue weighted by atomic mass is 10.1. The Morgan fingerprint density at radius 3 is 2.67 bits per heavy atom. The lowest BCUT2D eigenvalue weighted by Gasteiger charge is -2.22. The highest BCUT2D eigenvalue weighted by Crippen LogP contribution is 2.30. The third-order valence-corrected chi connectivity index (χ3v) is 5.19. The van der Waals surface area contributed by atoms with Crippen molar-refractivity contribution in [1.29, 1.82) is 5.26 Å². The second-order valence-corrected chi connectivity index (χ2v) is 7.37. The quantitative estimate of drug-likeness (QED) is 0.354. The van der Waals surface area contributed by atoms with Crippen LogP contribution >= 0.6 is 0 Å². The molecular formula is C25H30N4O. The molecule has 0 atom stereocenters. The standard InChI is InChI=1S/C25H30N4O/c1-5-8-13-30-24-16-21(29(6-2)7-3)11-10-19(24)15-20(17-26)25-27-22-12-9-18(4)14-23(22)28-25/h9-12,14-16H,5-8,13H2,1-4H3,(H,27,28). The zero-order valence-corrected chi connectivity index (χ0v) is 18.3. The van der Waals surface area contributed by atoms with Crippen LogP contribution in [-0.2, 0) is 0 Å². The van der Waals surface area contributed by atoms with Gasteiger partial charge in [-0.3, -0.25) is 0 Å². The minimum Gasteiger partial charge on any atom is -0.493 e. The normalized spacial score (nSPS) is 11.5. The lowest BCUT2D eigenvalue weighted by Crippen LogP contribution is -2.21. The zero-order valence-electron chi connectivity index (χ0n) is 18.3. The maximum Gasteiger partial charge on any atom is 0.149 e. The molecule has 3 rings (SSSR count). The van der Waals surface area contributed by atoms with Crippen molar-refractivity contribution in [2.24, 2.45) is 0 Å². The number of nitrogens with one attached hydrogen (secondary N) is 1. The SMILES string of the molecule is CCCCOc1cc(N(CC)CC)ccc1C=C(C#N)c1nc2ccc(C)cc2[nH]1. The maximum atomic E-state index is 9.82. The van der Waals surface area contributed by atoms with E-state index in [2.05, 4.69) is 53.8 Å². The molecule has 0 amide bonds. The van der Waals surface area contributed by atoms with Gasteiger partial charge in [-0.15, -0.1) is 0 Å². The molecule has 0 saturated heterocycles. The van der Waals surface area contributed by atoms with Gasteiger partial charge < -0.3 is 14.6 Å². The molecule has 0 unspecified atom stereocenters. The number of hydrogen-bond donors (Lipinski definition) is 1. The molecule has 5 nitrogen and oxygen atoms in total. The number of benzene rings is 2. The van der Waals surface area contributed by atoms with E-state index < -0.39 is 0 Å². The summed E-state index contributed by atoms with van der Waals surface area (Å²) in [6, 6.07) is 14.5. The second kappa shape index (κ2) is 9.98. The minimum absolute atomic E-state index is 0.486. The summed E-state index contributed by atoms with van der Waals surface area (Å²) in [5.41, 5.74) is 5.44.